The lowest BCUT2D eigenvalue weighted by Gasteiger charge is -2.05. The van der Waals surface area contributed by atoms with Gasteiger partial charge in [0.1, 0.15) is 5.75 Å². The first-order chi connectivity index (χ1) is 6.09. The molecule has 0 unspecified atom stereocenters. The van der Waals surface area contributed by atoms with Crippen LogP contribution in [-0.4, -0.2) is 17.7 Å². The van der Waals surface area contributed by atoms with Crippen molar-refractivity contribution in [3.8, 4) is 5.75 Å². The molecule has 3 N–H and O–H groups in total. The third-order valence-corrected chi connectivity index (χ3v) is 1.61. The number of hydrogen-bond donors (Lipinski definition) is 2. The summed E-state index contributed by atoms with van der Waals surface area (Å²) in [4.78, 5) is 10.2. The number of nitrogen functional groups attached to an aromatic ring is 1. The fourth-order valence-electron chi connectivity index (χ4n) is 0.853. The van der Waals surface area contributed by atoms with Gasteiger partial charge in [0.15, 0.2) is 6.61 Å². The van der Waals surface area contributed by atoms with E-state index in [1.165, 1.54) is 0 Å². The smallest absolute Gasteiger partial charge is 0.341 e. The van der Waals surface area contributed by atoms with Crippen molar-refractivity contribution in [1.82, 2.24) is 0 Å². The van der Waals surface area contributed by atoms with Crippen molar-refractivity contribution >= 4 is 11.7 Å². The number of aliphatic carboxylic acids is 1. The van der Waals surface area contributed by atoms with Crippen LogP contribution in [0.4, 0.5) is 5.69 Å². The second kappa shape index (κ2) is 3.80. The summed E-state index contributed by atoms with van der Waals surface area (Å²) in [5.41, 5.74) is 7.15. The first-order valence-corrected chi connectivity index (χ1v) is 3.80. The lowest BCUT2D eigenvalue weighted by atomic mass is 10.2. The van der Waals surface area contributed by atoms with Crippen LogP contribution in [0.15, 0.2) is 18.2 Å². The molecule has 4 heteroatoms. The van der Waals surface area contributed by atoms with Crippen molar-refractivity contribution in [2.24, 2.45) is 0 Å². The number of rotatable bonds is 3. The summed E-state index contributed by atoms with van der Waals surface area (Å²) in [5.74, 6) is -0.523. The topological polar surface area (TPSA) is 72.5 Å². The number of ether oxygens (including phenoxy) is 1. The molecule has 0 atom stereocenters. The molecular formula is C9H11NO3. The third-order valence-electron chi connectivity index (χ3n) is 1.61. The minimum Gasteiger partial charge on any atom is -0.482 e. The Morgan fingerprint density at radius 3 is 2.85 bits per heavy atom. The van der Waals surface area contributed by atoms with Gasteiger partial charge in [-0.15, -0.1) is 0 Å². The number of carboxylic acid groups (broad SMARTS) is 1. The minimum atomic E-state index is -1.00. The molecule has 0 radical (unpaired) electrons. The van der Waals surface area contributed by atoms with Gasteiger partial charge in [-0.05, 0) is 18.6 Å². The Morgan fingerprint density at radius 2 is 2.31 bits per heavy atom. The molecule has 0 bridgehead atoms. The van der Waals surface area contributed by atoms with E-state index in [9.17, 15) is 4.79 Å². The lowest BCUT2D eigenvalue weighted by molar-refractivity contribution is -0.139. The standard InChI is InChI=1S/C9H11NO3/c1-6-2-3-7(4-8(6)10)13-5-9(11)12/h2-4H,5,10H2,1H3,(H,11,12). The highest BCUT2D eigenvalue weighted by molar-refractivity contribution is 5.68. The van der Waals surface area contributed by atoms with Gasteiger partial charge in [-0.2, -0.15) is 0 Å². The fourth-order valence-corrected chi connectivity index (χ4v) is 0.853. The van der Waals surface area contributed by atoms with Crippen LogP contribution in [0.3, 0.4) is 0 Å². The second-order valence-corrected chi connectivity index (χ2v) is 2.70. The van der Waals surface area contributed by atoms with Gasteiger partial charge in [0.05, 0.1) is 0 Å². The Labute approximate surface area is 75.9 Å². The van der Waals surface area contributed by atoms with Crippen LogP contribution in [-0.2, 0) is 4.79 Å². The van der Waals surface area contributed by atoms with E-state index < -0.39 is 5.97 Å². The molecule has 13 heavy (non-hydrogen) atoms. The van der Waals surface area contributed by atoms with Crippen molar-refractivity contribution in [2.45, 2.75) is 6.92 Å². The fraction of sp³-hybridized carbons (Fsp3) is 0.222. The summed E-state index contributed by atoms with van der Waals surface area (Å²) in [6.45, 7) is 1.53. The average molecular weight is 181 g/mol. The van der Waals surface area contributed by atoms with Gasteiger partial charge in [0.2, 0.25) is 0 Å². The molecule has 0 spiro atoms. The van der Waals surface area contributed by atoms with Crippen LogP contribution in [0.1, 0.15) is 5.56 Å². The van der Waals surface area contributed by atoms with E-state index in [0.29, 0.717) is 11.4 Å². The average Bonchev–Trinajstić information content (AvgIpc) is 2.07. The molecule has 0 aromatic heterocycles. The van der Waals surface area contributed by atoms with E-state index in [-0.39, 0.29) is 6.61 Å². The maximum Gasteiger partial charge on any atom is 0.341 e. The Balaban J connectivity index is 2.68. The van der Waals surface area contributed by atoms with Crippen molar-refractivity contribution < 1.29 is 14.6 Å². The maximum atomic E-state index is 10.2. The summed E-state index contributed by atoms with van der Waals surface area (Å²) in [6, 6.07) is 5.08. The van der Waals surface area contributed by atoms with Crippen molar-refractivity contribution in [2.75, 3.05) is 12.3 Å². The molecule has 70 valence electrons. The molecule has 0 saturated carbocycles. The summed E-state index contributed by atoms with van der Waals surface area (Å²) < 4.78 is 4.92. The quantitative estimate of drug-likeness (QED) is 0.683. The summed E-state index contributed by atoms with van der Waals surface area (Å²) in [7, 11) is 0. The number of anilines is 1. The van der Waals surface area contributed by atoms with Crippen molar-refractivity contribution in [3.63, 3.8) is 0 Å². The van der Waals surface area contributed by atoms with Gasteiger partial charge in [-0.3, -0.25) is 0 Å². The third kappa shape index (κ3) is 2.66. The van der Waals surface area contributed by atoms with Crippen LogP contribution in [0.2, 0.25) is 0 Å². The maximum absolute atomic E-state index is 10.2. The predicted octanol–water partition coefficient (Wildman–Crippen LogP) is 1.04. The molecule has 0 amide bonds. The largest absolute Gasteiger partial charge is 0.482 e. The van der Waals surface area contributed by atoms with Gasteiger partial charge < -0.3 is 15.6 Å². The number of hydrogen-bond acceptors (Lipinski definition) is 3. The molecule has 1 aromatic rings. The number of carboxylic acids is 1. The molecule has 1 aromatic carbocycles. The van der Waals surface area contributed by atoms with Crippen LogP contribution >= 0.6 is 0 Å². The first kappa shape index (κ1) is 9.38. The van der Waals surface area contributed by atoms with Crippen LogP contribution in [0.25, 0.3) is 0 Å². The monoisotopic (exact) mass is 181 g/mol. The highest BCUT2D eigenvalue weighted by Crippen LogP contribution is 2.18. The second-order valence-electron chi connectivity index (χ2n) is 2.70. The summed E-state index contributed by atoms with van der Waals surface area (Å²) >= 11 is 0. The van der Waals surface area contributed by atoms with E-state index >= 15 is 0 Å². The highest BCUT2D eigenvalue weighted by Gasteiger charge is 2.00. The molecule has 0 aliphatic heterocycles. The zero-order valence-electron chi connectivity index (χ0n) is 7.28. The minimum absolute atomic E-state index is 0.345. The molecule has 1 rings (SSSR count). The Kier molecular flexibility index (Phi) is 2.74. The number of carbonyl (C=O) groups is 1. The molecule has 0 aliphatic rings. The van der Waals surface area contributed by atoms with E-state index in [2.05, 4.69) is 0 Å². The van der Waals surface area contributed by atoms with E-state index in [4.69, 9.17) is 15.6 Å². The molecular weight excluding hydrogens is 170 g/mol. The van der Waals surface area contributed by atoms with E-state index in [1.54, 1.807) is 18.2 Å². The molecule has 0 fully saturated rings. The lowest BCUT2D eigenvalue weighted by Crippen LogP contribution is -2.09. The van der Waals surface area contributed by atoms with Gasteiger partial charge in [0, 0.05) is 11.8 Å². The van der Waals surface area contributed by atoms with Crippen LogP contribution in [0.5, 0.6) is 5.75 Å². The number of nitrogens with two attached hydrogens (primary N) is 1. The molecule has 4 nitrogen and oxygen atoms in total. The Morgan fingerprint density at radius 1 is 1.62 bits per heavy atom. The Bertz CT molecular complexity index is 323. The number of benzene rings is 1. The molecule has 0 saturated heterocycles. The van der Waals surface area contributed by atoms with Crippen molar-refractivity contribution in [1.29, 1.82) is 0 Å². The first-order valence-electron chi connectivity index (χ1n) is 3.80. The van der Waals surface area contributed by atoms with E-state index in [0.717, 1.165) is 5.56 Å². The Hall–Kier alpha value is -1.71. The normalized spacial score (nSPS) is 9.62. The molecule has 0 aliphatic carbocycles. The van der Waals surface area contributed by atoms with Crippen LogP contribution < -0.4 is 10.5 Å². The predicted molar refractivity (Wildman–Crippen MR) is 48.7 cm³/mol. The van der Waals surface area contributed by atoms with Crippen LogP contribution in [0, 0.1) is 6.92 Å². The summed E-state index contributed by atoms with van der Waals surface area (Å²) in [6.07, 6.45) is 0. The summed E-state index contributed by atoms with van der Waals surface area (Å²) in [5, 5.41) is 8.34. The molecule has 0 heterocycles. The highest BCUT2D eigenvalue weighted by atomic mass is 16.5. The zero-order valence-corrected chi connectivity index (χ0v) is 7.28. The SMILES string of the molecule is Cc1ccc(OCC(=O)O)cc1N. The van der Waals surface area contributed by atoms with Gasteiger partial charge in [-0.1, -0.05) is 6.07 Å². The van der Waals surface area contributed by atoms with Gasteiger partial charge >= 0.3 is 5.97 Å². The van der Waals surface area contributed by atoms with Gasteiger partial charge in [-0.25, -0.2) is 4.79 Å². The van der Waals surface area contributed by atoms with Gasteiger partial charge in [0.25, 0.3) is 0 Å². The van der Waals surface area contributed by atoms with Crippen molar-refractivity contribution in [3.05, 3.63) is 23.8 Å². The number of aryl methyl sites for hydroxylation is 1. The van der Waals surface area contributed by atoms with E-state index in [1.807, 2.05) is 6.92 Å². The zero-order chi connectivity index (χ0) is 9.84.